The third-order valence-corrected chi connectivity index (χ3v) is 5.70. The van der Waals surface area contributed by atoms with Gasteiger partial charge in [0.25, 0.3) is 10.0 Å². The van der Waals surface area contributed by atoms with Crippen LogP contribution in [-0.4, -0.2) is 23.4 Å². The second-order valence-electron chi connectivity index (χ2n) is 5.53. The molecule has 2 heterocycles. The van der Waals surface area contributed by atoms with Crippen LogP contribution >= 0.6 is 11.6 Å². The average Bonchev–Trinajstić information content (AvgIpc) is 3.18. The van der Waals surface area contributed by atoms with E-state index < -0.39 is 10.0 Å². The molecule has 3 aromatic rings. The molecule has 0 aliphatic heterocycles. The fourth-order valence-corrected chi connectivity index (χ4v) is 3.92. The lowest BCUT2D eigenvalue weighted by Crippen LogP contribution is -2.31. The molecule has 134 valence electrons. The van der Waals surface area contributed by atoms with Crippen LogP contribution in [0.25, 0.3) is 0 Å². The van der Waals surface area contributed by atoms with Gasteiger partial charge in [-0.05, 0) is 25.1 Å². The molecule has 0 radical (unpaired) electrons. The number of sulfonamides is 1. The quantitative estimate of drug-likeness (QED) is 0.662. The van der Waals surface area contributed by atoms with Gasteiger partial charge in [0.1, 0.15) is 10.9 Å². The van der Waals surface area contributed by atoms with Crippen LogP contribution in [0.1, 0.15) is 17.0 Å². The van der Waals surface area contributed by atoms with Crippen molar-refractivity contribution in [3.8, 4) is 6.07 Å². The molecule has 0 saturated carbocycles. The number of anilines is 1. The zero-order valence-electron chi connectivity index (χ0n) is 13.9. The predicted molar refractivity (Wildman–Crippen MR) is 94.0 cm³/mol. The van der Waals surface area contributed by atoms with Crippen LogP contribution in [0.3, 0.4) is 0 Å². The molecular formula is C16H14ClN5O3S. The van der Waals surface area contributed by atoms with Gasteiger partial charge in [-0.15, -0.1) is 0 Å². The van der Waals surface area contributed by atoms with Crippen molar-refractivity contribution in [1.29, 1.82) is 5.26 Å². The fraction of sp³-hybridized carbons (Fsp3) is 0.188. The van der Waals surface area contributed by atoms with Gasteiger partial charge in [0.2, 0.25) is 0 Å². The summed E-state index contributed by atoms with van der Waals surface area (Å²) in [6, 6.07) is 10.8. The maximum Gasteiger partial charge on any atom is 0.265 e. The lowest BCUT2D eigenvalue weighted by Gasteiger charge is -2.20. The second-order valence-corrected chi connectivity index (χ2v) is 7.78. The van der Waals surface area contributed by atoms with Crippen LogP contribution in [0.4, 0.5) is 5.82 Å². The Morgan fingerprint density at radius 3 is 2.69 bits per heavy atom. The largest absolute Gasteiger partial charge is 0.360 e. The van der Waals surface area contributed by atoms with Crippen LogP contribution in [-0.2, 0) is 23.6 Å². The minimum atomic E-state index is -4.01. The van der Waals surface area contributed by atoms with Gasteiger partial charge in [-0.1, -0.05) is 22.8 Å². The zero-order valence-corrected chi connectivity index (χ0v) is 15.5. The summed E-state index contributed by atoms with van der Waals surface area (Å²) in [6.07, 6.45) is 0. The van der Waals surface area contributed by atoms with E-state index in [1.165, 1.54) is 35.0 Å². The molecular weight excluding hydrogens is 378 g/mol. The molecule has 0 fully saturated rings. The number of hydrogen-bond donors (Lipinski definition) is 0. The van der Waals surface area contributed by atoms with E-state index >= 15 is 0 Å². The van der Waals surface area contributed by atoms with Crippen LogP contribution in [0, 0.1) is 18.3 Å². The Morgan fingerprint density at radius 1 is 1.35 bits per heavy atom. The molecule has 10 heteroatoms. The molecule has 1 aromatic carbocycles. The molecule has 2 aromatic heterocycles. The van der Waals surface area contributed by atoms with Gasteiger partial charge in [0.05, 0.1) is 28.8 Å². The Kier molecular flexibility index (Phi) is 4.71. The number of hydrogen-bond acceptors (Lipinski definition) is 6. The van der Waals surface area contributed by atoms with Crippen molar-refractivity contribution in [3.63, 3.8) is 0 Å². The van der Waals surface area contributed by atoms with Gasteiger partial charge in [-0.25, -0.2) is 12.7 Å². The highest BCUT2D eigenvalue weighted by molar-refractivity contribution is 7.92. The van der Waals surface area contributed by atoms with Gasteiger partial charge in [0, 0.05) is 19.2 Å². The number of nitrogens with zero attached hydrogens (tertiary/aromatic N) is 5. The Balaban J connectivity index is 2.08. The third-order valence-electron chi connectivity index (χ3n) is 3.60. The number of nitriles is 1. The van der Waals surface area contributed by atoms with E-state index in [0.717, 1.165) is 4.31 Å². The van der Waals surface area contributed by atoms with E-state index in [1.807, 2.05) is 6.07 Å². The van der Waals surface area contributed by atoms with Gasteiger partial charge in [-0.3, -0.25) is 4.68 Å². The van der Waals surface area contributed by atoms with Crippen LogP contribution in [0.5, 0.6) is 0 Å². The van der Waals surface area contributed by atoms with Gasteiger partial charge in [-0.2, -0.15) is 10.4 Å². The normalized spacial score (nSPS) is 11.3. The number of aromatic nitrogens is 3. The van der Waals surface area contributed by atoms with Crippen molar-refractivity contribution in [3.05, 3.63) is 58.6 Å². The molecule has 0 unspecified atom stereocenters. The smallest absolute Gasteiger partial charge is 0.265 e. The summed E-state index contributed by atoms with van der Waals surface area (Å²) in [5, 5.41) is 17.4. The van der Waals surface area contributed by atoms with Gasteiger partial charge >= 0.3 is 0 Å². The highest BCUT2D eigenvalue weighted by atomic mass is 35.5. The van der Waals surface area contributed by atoms with Crippen molar-refractivity contribution in [2.75, 3.05) is 4.31 Å². The standard InChI is InChI=1S/C16H14ClN5O3S/c1-11-6-16(20-25-11)22(10-13-8-15(17)21(2)19-13)26(23,24)14-5-3-4-12(7-14)9-18/h3-8H,10H2,1-2H3. The number of benzene rings is 1. The van der Waals surface area contributed by atoms with Gasteiger partial charge < -0.3 is 4.52 Å². The topological polar surface area (TPSA) is 105 Å². The second kappa shape index (κ2) is 6.82. The van der Waals surface area contributed by atoms with Gasteiger partial charge in [0.15, 0.2) is 5.82 Å². The molecule has 0 N–H and O–H groups in total. The summed E-state index contributed by atoms with van der Waals surface area (Å²) >= 11 is 6.00. The van der Waals surface area contributed by atoms with E-state index in [1.54, 1.807) is 20.0 Å². The summed E-state index contributed by atoms with van der Waals surface area (Å²) in [7, 11) is -2.35. The Bertz CT molecular complexity index is 1080. The highest BCUT2D eigenvalue weighted by Crippen LogP contribution is 2.26. The van der Waals surface area contributed by atoms with Crippen molar-refractivity contribution < 1.29 is 12.9 Å². The molecule has 0 amide bonds. The number of aryl methyl sites for hydroxylation is 2. The molecule has 0 aliphatic rings. The summed E-state index contributed by atoms with van der Waals surface area (Å²) in [5.41, 5.74) is 0.682. The maximum atomic E-state index is 13.2. The molecule has 0 bridgehead atoms. The molecule has 26 heavy (non-hydrogen) atoms. The molecule has 0 atom stereocenters. The van der Waals surface area contributed by atoms with Crippen LogP contribution < -0.4 is 4.31 Å². The SMILES string of the molecule is Cc1cc(N(Cc2cc(Cl)n(C)n2)S(=O)(=O)c2cccc(C#N)c2)no1. The Morgan fingerprint density at radius 2 is 2.12 bits per heavy atom. The summed E-state index contributed by atoms with van der Waals surface area (Å²) in [5.74, 6) is 0.580. The lowest BCUT2D eigenvalue weighted by molar-refractivity contribution is 0.398. The average molecular weight is 392 g/mol. The molecule has 0 saturated heterocycles. The monoisotopic (exact) mass is 391 g/mol. The van der Waals surface area contributed by atoms with Crippen molar-refractivity contribution in [2.24, 2.45) is 7.05 Å². The van der Waals surface area contributed by atoms with E-state index in [2.05, 4.69) is 10.3 Å². The number of halogens is 1. The number of rotatable bonds is 5. The third kappa shape index (κ3) is 3.42. The summed E-state index contributed by atoms with van der Waals surface area (Å²) in [4.78, 5) is -0.0285. The minimum Gasteiger partial charge on any atom is -0.360 e. The first-order valence-corrected chi connectivity index (χ1v) is 9.27. The van der Waals surface area contributed by atoms with Crippen LogP contribution in [0.15, 0.2) is 45.8 Å². The Labute approximate surface area is 155 Å². The van der Waals surface area contributed by atoms with Crippen molar-refractivity contribution in [2.45, 2.75) is 18.4 Å². The van der Waals surface area contributed by atoms with Crippen molar-refractivity contribution >= 4 is 27.4 Å². The lowest BCUT2D eigenvalue weighted by atomic mass is 10.2. The molecule has 0 spiro atoms. The molecule has 3 rings (SSSR count). The van der Waals surface area contributed by atoms with E-state index in [-0.39, 0.29) is 22.8 Å². The Hall–Kier alpha value is -2.83. The fourth-order valence-electron chi connectivity index (χ4n) is 2.34. The molecule has 8 nitrogen and oxygen atoms in total. The summed E-state index contributed by atoms with van der Waals surface area (Å²) < 4.78 is 33.9. The first-order valence-electron chi connectivity index (χ1n) is 7.46. The van der Waals surface area contributed by atoms with E-state index in [9.17, 15) is 8.42 Å². The van der Waals surface area contributed by atoms with Crippen molar-refractivity contribution in [1.82, 2.24) is 14.9 Å². The maximum absolute atomic E-state index is 13.2. The summed E-state index contributed by atoms with van der Waals surface area (Å²) in [6.45, 7) is 1.57. The van der Waals surface area contributed by atoms with E-state index in [0.29, 0.717) is 16.6 Å². The first-order chi connectivity index (χ1) is 12.3. The first kappa shape index (κ1) is 18.0. The highest BCUT2D eigenvalue weighted by Gasteiger charge is 2.29. The van der Waals surface area contributed by atoms with E-state index in [4.69, 9.17) is 21.4 Å². The zero-order chi connectivity index (χ0) is 18.9. The predicted octanol–water partition coefficient (Wildman–Crippen LogP) is 2.64. The minimum absolute atomic E-state index is 0.0285. The van der Waals surface area contributed by atoms with Crippen LogP contribution in [0.2, 0.25) is 5.15 Å². The molecule has 0 aliphatic carbocycles.